The van der Waals surface area contributed by atoms with Crippen LogP contribution < -0.4 is 5.32 Å². The van der Waals surface area contributed by atoms with E-state index in [0.717, 1.165) is 23.8 Å². The van der Waals surface area contributed by atoms with E-state index in [0.29, 0.717) is 0 Å². The monoisotopic (exact) mass is 242 g/mol. The highest BCUT2D eigenvalue weighted by molar-refractivity contribution is 5.41. The van der Waals surface area contributed by atoms with Crippen LogP contribution in [0.1, 0.15) is 42.2 Å². The summed E-state index contributed by atoms with van der Waals surface area (Å²) in [6.07, 6.45) is 3.52. The Labute approximate surface area is 107 Å². The molecule has 3 heteroatoms. The maximum absolute atomic E-state index is 5.62. The van der Waals surface area contributed by atoms with Gasteiger partial charge in [0.05, 0.1) is 6.04 Å². The number of rotatable bonds is 3. The normalized spacial score (nSPS) is 15.4. The number of furan rings is 1. The van der Waals surface area contributed by atoms with Crippen molar-refractivity contribution in [3.8, 4) is 0 Å². The number of nitrogens with zero attached hydrogens (tertiary/aromatic N) is 1. The van der Waals surface area contributed by atoms with Gasteiger partial charge in [-0.15, -0.1) is 0 Å². The van der Waals surface area contributed by atoms with E-state index in [-0.39, 0.29) is 6.04 Å². The van der Waals surface area contributed by atoms with Gasteiger partial charge in [-0.1, -0.05) is 6.07 Å². The average molecular weight is 242 g/mol. The molecule has 0 aromatic carbocycles. The number of hydrogen-bond donors (Lipinski definition) is 1. The molecule has 1 atom stereocenters. The Morgan fingerprint density at radius 2 is 2.11 bits per heavy atom. The van der Waals surface area contributed by atoms with Gasteiger partial charge < -0.3 is 9.73 Å². The zero-order valence-electron chi connectivity index (χ0n) is 10.9. The summed E-state index contributed by atoms with van der Waals surface area (Å²) in [6, 6.07) is 8.41. The highest BCUT2D eigenvalue weighted by Gasteiger charge is 2.14. The molecule has 2 aromatic rings. The Balaban J connectivity index is 1.76. The first-order valence-corrected chi connectivity index (χ1v) is 6.54. The van der Waals surface area contributed by atoms with Crippen LogP contribution >= 0.6 is 0 Å². The van der Waals surface area contributed by atoms with E-state index in [9.17, 15) is 0 Å². The first-order chi connectivity index (χ1) is 8.72. The van der Waals surface area contributed by atoms with Gasteiger partial charge in [-0.3, -0.25) is 0 Å². The minimum Gasteiger partial charge on any atom is -0.464 e. The molecule has 0 bridgehead atoms. The van der Waals surface area contributed by atoms with E-state index < -0.39 is 0 Å². The van der Waals surface area contributed by atoms with Crippen LogP contribution in [0.2, 0.25) is 0 Å². The predicted octanol–water partition coefficient (Wildman–Crippen LogP) is 3.64. The summed E-state index contributed by atoms with van der Waals surface area (Å²) in [4.78, 5) is 4.67. The van der Waals surface area contributed by atoms with Gasteiger partial charge in [0.15, 0.2) is 0 Å². The first-order valence-electron chi connectivity index (χ1n) is 6.54. The highest BCUT2D eigenvalue weighted by Crippen LogP contribution is 2.24. The van der Waals surface area contributed by atoms with Crippen molar-refractivity contribution in [2.45, 2.75) is 39.2 Å². The predicted molar refractivity (Wildman–Crippen MR) is 71.7 cm³/mol. The van der Waals surface area contributed by atoms with E-state index in [1.54, 1.807) is 0 Å². The van der Waals surface area contributed by atoms with Crippen LogP contribution in [0.15, 0.2) is 28.7 Å². The molecule has 94 valence electrons. The van der Waals surface area contributed by atoms with Gasteiger partial charge in [-0.25, -0.2) is 4.98 Å². The van der Waals surface area contributed by atoms with Crippen molar-refractivity contribution >= 4 is 5.82 Å². The summed E-state index contributed by atoms with van der Waals surface area (Å²) in [7, 11) is 0. The molecule has 1 unspecified atom stereocenters. The van der Waals surface area contributed by atoms with Crippen molar-refractivity contribution in [1.82, 2.24) is 4.98 Å². The van der Waals surface area contributed by atoms with Crippen LogP contribution in [0, 0.1) is 6.92 Å². The second-order valence-corrected chi connectivity index (χ2v) is 4.97. The molecular weight excluding hydrogens is 224 g/mol. The van der Waals surface area contributed by atoms with Gasteiger partial charge in [0.2, 0.25) is 0 Å². The molecule has 0 radical (unpaired) electrons. The van der Waals surface area contributed by atoms with E-state index in [1.807, 2.05) is 19.1 Å². The third-order valence-electron chi connectivity index (χ3n) is 3.48. The van der Waals surface area contributed by atoms with E-state index in [1.165, 1.54) is 24.1 Å². The first kappa shape index (κ1) is 11.3. The van der Waals surface area contributed by atoms with Gasteiger partial charge in [-0.05, 0) is 56.9 Å². The second-order valence-electron chi connectivity index (χ2n) is 4.97. The maximum Gasteiger partial charge on any atom is 0.126 e. The zero-order valence-corrected chi connectivity index (χ0v) is 10.9. The van der Waals surface area contributed by atoms with Crippen molar-refractivity contribution in [3.05, 3.63) is 47.0 Å². The lowest BCUT2D eigenvalue weighted by Gasteiger charge is -2.13. The molecule has 0 amide bonds. The van der Waals surface area contributed by atoms with Crippen molar-refractivity contribution in [1.29, 1.82) is 0 Å². The molecule has 1 aliphatic rings. The molecule has 3 nitrogen and oxygen atoms in total. The Kier molecular flexibility index (Phi) is 2.82. The third kappa shape index (κ3) is 2.13. The molecule has 0 saturated carbocycles. The summed E-state index contributed by atoms with van der Waals surface area (Å²) in [5.74, 6) is 2.84. The lowest BCUT2D eigenvalue weighted by Crippen LogP contribution is -2.07. The van der Waals surface area contributed by atoms with Crippen LogP contribution in [0.4, 0.5) is 5.82 Å². The van der Waals surface area contributed by atoms with Gasteiger partial charge in [0, 0.05) is 5.69 Å². The molecular formula is C15H18N2O. The fourth-order valence-corrected chi connectivity index (χ4v) is 2.48. The highest BCUT2D eigenvalue weighted by atomic mass is 16.3. The van der Waals surface area contributed by atoms with Crippen molar-refractivity contribution in [2.24, 2.45) is 0 Å². The number of anilines is 1. The van der Waals surface area contributed by atoms with Crippen molar-refractivity contribution in [3.63, 3.8) is 0 Å². The van der Waals surface area contributed by atoms with Crippen LogP contribution in [0.3, 0.4) is 0 Å². The second kappa shape index (κ2) is 4.48. The van der Waals surface area contributed by atoms with Gasteiger partial charge in [-0.2, -0.15) is 0 Å². The Morgan fingerprint density at radius 3 is 2.89 bits per heavy atom. The molecule has 0 fully saturated rings. The fourth-order valence-electron chi connectivity index (χ4n) is 2.48. The molecule has 0 aliphatic heterocycles. The minimum absolute atomic E-state index is 0.144. The van der Waals surface area contributed by atoms with Crippen LogP contribution in [-0.2, 0) is 12.8 Å². The van der Waals surface area contributed by atoms with E-state index in [4.69, 9.17) is 4.42 Å². The average Bonchev–Trinajstić information content (AvgIpc) is 2.96. The maximum atomic E-state index is 5.62. The summed E-state index contributed by atoms with van der Waals surface area (Å²) >= 11 is 0. The van der Waals surface area contributed by atoms with Crippen LogP contribution in [0.5, 0.6) is 0 Å². The topological polar surface area (TPSA) is 38.1 Å². The standard InChI is InChI=1S/C15H18N2O/c1-10-6-8-14(18-10)11(2)16-15-9-7-12-4-3-5-13(12)17-15/h6-9,11H,3-5H2,1-2H3,(H,16,17). The zero-order chi connectivity index (χ0) is 12.5. The SMILES string of the molecule is Cc1ccc(C(C)Nc2ccc3c(n2)CCC3)o1. The molecule has 1 aliphatic carbocycles. The molecule has 1 N–H and O–H groups in total. The molecule has 18 heavy (non-hydrogen) atoms. The molecule has 0 spiro atoms. The molecule has 2 aromatic heterocycles. The number of nitrogens with one attached hydrogen (secondary N) is 1. The Bertz CT molecular complexity index is 559. The quantitative estimate of drug-likeness (QED) is 0.892. The van der Waals surface area contributed by atoms with Gasteiger partial charge in [0.25, 0.3) is 0 Å². The van der Waals surface area contributed by atoms with Crippen molar-refractivity contribution in [2.75, 3.05) is 5.32 Å². The number of hydrogen-bond acceptors (Lipinski definition) is 3. The van der Waals surface area contributed by atoms with Crippen LogP contribution in [0.25, 0.3) is 0 Å². The number of aryl methyl sites for hydroxylation is 3. The summed E-state index contributed by atoms with van der Waals surface area (Å²) < 4.78 is 5.62. The van der Waals surface area contributed by atoms with Crippen molar-refractivity contribution < 1.29 is 4.42 Å². The lowest BCUT2D eigenvalue weighted by atomic mass is 10.2. The summed E-state index contributed by atoms with van der Waals surface area (Å²) in [6.45, 7) is 4.05. The van der Waals surface area contributed by atoms with Gasteiger partial charge >= 0.3 is 0 Å². The number of pyridine rings is 1. The fraction of sp³-hybridized carbons (Fsp3) is 0.400. The minimum atomic E-state index is 0.144. The number of fused-ring (bicyclic) bond motifs is 1. The molecule has 2 heterocycles. The molecule has 0 saturated heterocycles. The van der Waals surface area contributed by atoms with E-state index in [2.05, 4.69) is 29.4 Å². The Hall–Kier alpha value is -1.77. The molecule has 3 rings (SSSR count). The largest absolute Gasteiger partial charge is 0.464 e. The Morgan fingerprint density at radius 1 is 1.22 bits per heavy atom. The lowest BCUT2D eigenvalue weighted by molar-refractivity contribution is 0.466. The third-order valence-corrected chi connectivity index (χ3v) is 3.48. The summed E-state index contributed by atoms with van der Waals surface area (Å²) in [5, 5.41) is 3.40. The van der Waals surface area contributed by atoms with Crippen LogP contribution in [-0.4, -0.2) is 4.98 Å². The van der Waals surface area contributed by atoms with Gasteiger partial charge in [0.1, 0.15) is 17.3 Å². The summed E-state index contributed by atoms with van der Waals surface area (Å²) in [5.41, 5.74) is 2.66. The van der Waals surface area contributed by atoms with E-state index >= 15 is 0 Å². The number of aromatic nitrogens is 1. The smallest absolute Gasteiger partial charge is 0.126 e.